The average molecular weight is 463 g/mol. The topological polar surface area (TPSA) is 73.8 Å². The smallest absolute Gasteiger partial charge is 0.338 e. The fourth-order valence-corrected chi connectivity index (χ4v) is 5.45. The predicted octanol–water partition coefficient (Wildman–Crippen LogP) is 3.63. The molecule has 1 aliphatic rings. The van der Waals surface area contributed by atoms with Gasteiger partial charge in [0.2, 0.25) is 0 Å². The van der Waals surface area contributed by atoms with E-state index in [9.17, 15) is 9.59 Å². The summed E-state index contributed by atoms with van der Waals surface area (Å²) in [6, 6.07) is 16.3. The lowest BCUT2D eigenvalue weighted by Crippen LogP contribution is -2.39. The Morgan fingerprint density at radius 1 is 1.19 bits per heavy atom. The van der Waals surface area contributed by atoms with Gasteiger partial charge >= 0.3 is 5.97 Å². The molecule has 0 bridgehead atoms. The van der Waals surface area contributed by atoms with Crippen LogP contribution in [0.5, 0.6) is 0 Å². The first-order valence-corrected chi connectivity index (χ1v) is 11.6. The average Bonchev–Trinajstić information content (AvgIpc) is 3.55. The van der Waals surface area contributed by atoms with Gasteiger partial charge in [0.05, 0.1) is 22.1 Å². The standard InChI is InChI=1S/C24H18N2O4S2/c1-15-20(23(28)30-14-16-7-3-2-4-8-16)21(18-10-6-12-31-18)26-22(27)19(32-24(26)25-15)13-17-9-5-11-29-17/h2-13,21H,14H2,1H3/b19-13+. The molecule has 0 N–H and O–H groups in total. The first-order chi connectivity index (χ1) is 15.6. The molecule has 8 heteroatoms. The summed E-state index contributed by atoms with van der Waals surface area (Å²) in [6.45, 7) is 1.93. The molecule has 0 amide bonds. The highest BCUT2D eigenvalue weighted by Gasteiger charge is 2.34. The van der Waals surface area contributed by atoms with Crippen LogP contribution in [-0.2, 0) is 16.1 Å². The van der Waals surface area contributed by atoms with E-state index in [-0.39, 0.29) is 12.2 Å². The van der Waals surface area contributed by atoms with Gasteiger partial charge in [0.1, 0.15) is 18.4 Å². The molecule has 3 aromatic heterocycles. The van der Waals surface area contributed by atoms with E-state index in [0.717, 1.165) is 10.4 Å². The maximum Gasteiger partial charge on any atom is 0.338 e. The summed E-state index contributed by atoms with van der Waals surface area (Å²) < 4.78 is 13.1. The second kappa shape index (κ2) is 8.57. The van der Waals surface area contributed by atoms with Crippen molar-refractivity contribution in [3.05, 3.63) is 113 Å². The first kappa shape index (κ1) is 20.4. The van der Waals surface area contributed by atoms with Gasteiger partial charge in [0.25, 0.3) is 5.56 Å². The van der Waals surface area contributed by atoms with Crippen molar-refractivity contribution in [2.24, 2.45) is 4.99 Å². The summed E-state index contributed by atoms with van der Waals surface area (Å²) in [6.07, 6.45) is 3.25. The van der Waals surface area contributed by atoms with E-state index < -0.39 is 12.0 Å². The normalized spacial score (nSPS) is 16.0. The van der Waals surface area contributed by atoms with Crippen molar-refractivity contribution in [1.82, 2.24) is 4.57 Å². The number of carbonyl (C=O) groups excluding carboxylic acids is 1. The van der Waals surface area contributed by atoms with Crippen molar-refractivity contribution in [3.8, 4) is 0 Å². The SMILES string of the molecule is CC1=C(C(=O)OCc2ccccc2)C(c2cccs2)n2c(s/c(=C/c3ccco3)c2=O)=N1. The number of hydrogen-bond acceptors (Lipinski definition) is 7. The molecule has 32 heavy (non-hydrogen) atoms. The van der Waals surface area contributed by atoms with Crippen molar-refractivity contribution in [2.75, 3.05) is 0 Å². The van der Waals surface area contributed by atoms with Gasteiger partial charge in [-0.1, -0.05) is 47.7 Å². The Hall–Kier alpha value is -3.49. The van der Waals surface area contributed by atoms with Gasteiger partial charge in [-0.2, -0.15) is 0 Å². The lowest BCUT2D eigenvalue weighted by molar-refractivity contribution is -0.140. The largest absolute Gasteiger partial charge is 0.465 e. The zero-order chi connectivity index (χ0) is 22.1. The number of esters is 1. The molecule has 0 fully saturated rings. The minimum absolute atomic E-state index is 0.149. The van der Waals surface area contributed by atoms with E-state index in [1.807, 2.05) is 47.8 Å². The van der Waals surface area contributed by atoms with Crippen LogP contribution in [0.2, 0.25) is 0 Å². The monoisotopic (exact) mass is 462 g/mol. The zero-order valence-corrected chi connectivity index (χ0v) is 18.7. The molecule has 1 atom stereocenters. The summed E-state index contributed by atoms with van der Waals surface area (Å²) >= 11 is 2.76. The van der Waals surface area contributed by atoms with Crippen molar-refractivity contribution >= 4 is 34.7 Å². The highest BCUT2D eigenvalue weighted by Crippen LogP contribution is 2.33. The van der Waals surface area contributed by atoms with Gasteiger partial charge < -0.3 is 9.15 Å². The summed E-state index contributed by atoms with van der Waals surface area (Å²) in [7, 11) is 0. The van der Waals surface area contributed by atoms with Crippen molar-refractivity contribution in [1.29, 1.82) is 0 Å². The maximum atomic E-state index is 13.4. The molecule has 1 unspecified atom stereocenters. The summed E-state index contributed by atoms with van der Waals surface area (Å²) in [4.78, 5) is 32.6. The van der Waals surface area contributed by atoms with Crippen LogP contribution in [0.15, 0.2) is 91.7 Å². The molecule has 5 rings (SSSR count). The molecule has 0 radical (unpaired) electrons. The van der Waals surface area contributed by atoms with Crippen LogP contribution in [0.3, 0.4) is 0 Å². The highest BCUT2D eigenvalue weighted by molar-refractivity contribution is 7.10. The molecule has 0 saturated heterocycles. The Morgan fingerprint density at radius 3 is 2.75 bits per heavy atom. The number of carbonyl (C=O) groups is 1. The summed E-state index contributed by atoms with van der Waals surface area (Å²) in [5, 5.41) is 1.93. The molecular formula is C24H18N2O4S2. The summed E-state index contributed by atoms with van der Waals surface area (Å²) in [5.74, 6) is 0.106. The molecule has 4 heterocycles. The Balaban J connectivity index is 1.59. The quantitative estimate of drug-likeness (QED) is 0.425. The molecule has 0 saturated carbocycles. The Bertz CT molecular complexity index is 1460. The first-order valence-electron chi connectivity index (χ1n) is 9.92. The van der Waals surface area contributed by atoms with Gasteiger partial charge in [0.15, 0.2) is 4.80 Å². The zero-order valence-electron chi connectivity index (χ0n) is 17.1. The van der Waals surface area contributed by atoms with Crippen LogP contribution in [0.1, 0.15) is 29.2 Å². The molecule has 4 aromatic rings. The fraction of sp³-hybridized carbons (Fsp3) is 0.125. The molecule has 0 spiro atoms. The van der Waals surface area contributed by atoms with Crippen LogP contribution in [-0.4, -0.2) is 10.5 Å². The lowest BCUT2D eigenvalue weighted by Gasteiger charge is -2.23. The van der Waals surface area contributed by atoms with Crippen LogP contribution in [0, 0.1) is 0 Å². The number of aromatic nitrogens is 1. The second-order valence-electron chi connectivity index (χ2n) is 7.17. The number of hydrogen-bond donors (Lipinski definition) is 0. The van der Waals surface area contributed by atoms with Crippen LogP contribution in [0.4, 0.5) is 0 Å². The van der Waals surface area contributed by atoms with E-state index in [1.165, 1.54) is 22.7 Å². The molecular weight excluding hydrogens is 444 g/mol. The van der Waals surface area contributed by atoms with E-state index >= 15 is 0 Å². The molecule has 160 valence electrons. The summed E-state index contributed by atoms with van der Waals surface area (Å²) in [5.41, 5.74) is 1.60. The number of thiophene rings is 1. The van der Waals surface area contributed by atoms with Crippen molar-refractivity contribution in [3.63, 3.8) is 0 Å². The minimum atomic E-state index is -0.590. The lowest BCUT2D eigenvalue weighted by atomic mass is 10.0. The van der Waals surface area contributed by atoms with E-state index in [0.29, 0.717) is 26.4 Å². The predicted molar refractivity (Wildman–Crippen MR) is 123 cm³/mol. The number of furan rings is 1. The van der Waals surface area contributed by atoms with Gasteiger partial charge in [-0.3, -0.25) is 9.36 Å². The van der Waals surface area contributed by atoms with Crippen LogP contribution >= 0.6 is 22.7 Å². The van der Waals surface area contributed by atoms with Gasteiger partial charge in [0, 0.05) is 11.0 Å². The van der Waals surface area contributed by atoms with Crippen molar-refractivity contribution < 1.29 is 13.9 Å². The van der Waals surface area contributed by atoms with E-state index in [1.54, 1.807) is 36.0 Å². The number of allylic oxidation sites excluding steroid dienone is 1. The highest BCUT2D eigenvalue weighted by atomic mass is 32.1. The Labute approximate surface area is 191 Å². The maximum absolute atomic E-state index is 13.4. The third kappa shape index (κ3) is 3.79. The van der Waals surface area contributed by atoms with E-state index in [4.69, 9.17) is 9.15 Å². The number of fused-ring (bicyclic) bond motifs is 1. The molecule has 0 aliphatic carbocycles. The third-order valence-corrected chi connectivity index (χ3v) is 6.99. The number of benzene rings is 1. The number of thiazole rings is 1. The Morgan fingerprint density at radius 2 is 2.03 bits per heavy atom. The molecule has 1 aromatic carbocycles. The number of nitrogens with zero attached hydrogens (tertiary/aromatic N) is 2. The third-order valence-electron chi connectivity index (χ3n) is 5.08. The van der Waals surface area contributed by atoms with Gasteiger partial charge in [-0.05, 0) is 36.1 Å². The van der Waals surface area contributed by atoms with Crippen molar-refractivity contribution in [2.45, 2.75) is 19.6 Å². The van der Waals surface area contributed by atoms with Crippen LogP contribution in [0.25, 0.3) is 6.08 Å². The van der Waals surface area contributed by atoms with Gasteiger partial charge in [-0.25, -0.2) is 9.79 Å². The Kier molecular flexibility index (Phi) is 5.46. The van der Waals surface area contributed by atoms with Gasteiger partial charge in [-0.15, -0.1) is 11.3 Å². The van der Waals surface area contributed by atoms with Crippen LogP contribution < -0.4 is 14.9 Å². The van der Waals surface area contributed by atoms with E-state index in [2.05, 4.69) is 4.99 Å². The number of ether oxygens (including phenoxy) is 1. The second-order valence-corrected chi connectivity index (χ2v) is 9.16. The number of rotatable bonds is 5. The molecule has 1 aliphatic heterocycles. The minimum Gasteiger partial charge on any atom is -0.465 e. The fourth-order valence-electron chi connectivity index (χ4n) is 3.60. The molecule has 6 nitrogen and oxygen atoms in total.